The van der Waals surface area contributed by atoms with E-state index in [2.05, 4.69) is 45.0 Å². The molecule has 1 aliphatic carbocycles. The monoisotopic (exact) mass is 548 g/mol. The maximum absolute atomic E-state index is 8.90. The van der Waals surface area contributed by atoms with Crippen LogP contribution in [0.15, 0.2) is 67.1 Å². The third-order valence-electron chi connectivity index (χ3n) is 8.70. The largest absolute Gasteiger partial charge is 0.383 e. The molecule has 0 spiro atoms. The standard InChI is InChI=1S/C34H38N6O.H2/c1-3-41-21-29-14-16-40(29)28-11-8-23-6-7-25(17-24(23)9-12-28)27-18-30(34(36)39-20-27)32(35)31-13-10-26(19-38-31)33-22(2)5-4-15-37-33;/h4-7,10,13,15,17-20,28-29,35H,3,8-9,11-12,14,16,21H2,1-2H3,(H2,36,39);1H/t28-,29?;/m0./s1. The van der Waals surface area contributed by atoms with Gasteiger partial charge in [-0.15, -0.1) is 0 Å². The lowest BCUT2D eigenvalue weighted by Gasteiger charge is -2.46. The fourth-order valence-electron chi connectivity index (χ4n) is 6.22. The summed E-state index contributed by atoms with van der Waals surface area (Å²) in [5.41, 5.74) is 15.5. The van der Waals surface area contributed by atoms with Crippen molar-refractivity contribution in [3.63, 3.8) is 0 Å². The van der Waals surface area contributed by atoms with Crippen LogP contribution in [0, 0.1) is 12.3 Å². The molecule has 3 N–H and O–H groups in total. The Morgan fingerprint density at radius 2 is 1.78 bits per heavy atom. The summed E-state index contributed by atoms with van der Waals surface area (Å²) in [6, 6.07) is 17.7. The van der Waals surface area contributed by atoms with E-state index < -0.39 is 0 Å². The molecule has 1 saturated heterocycles. The third kappa shape index (κ3) is 5.65. The summed E-state index contributed by atoms with van der Waals surface area (Å²) in [5.74, 6) is 0.332. The fourth-order valence-corrected chi connectivity index (χ4v) is 6.22. The highest BCUT2D eigenvalue weighted by Crippen LogP contribution is 2.33. The number of benzene rings is 1. The van der Waals surface area contributed by atoms with Gasteiger partial charge >= 0.3 is 0 Å². The molecular formula is C34H40N6O. The van der Waals surface area contributed by atoms with E-state index in [-0.39, 0.29) is 7.14 Å². The maximum atomic E-state index is 8.90. The number of hydrogen-bond donors (Lipinski definition) is 2. The van der Waals surface area contributed by atoms with Crippen molar-refractivity contribution in [2.24, 2.45) is 0 Å². The number of aryl methyl sites for hydroxylation is 3. The van der Waals surface area contributed by atoms with Crippen molar-refractivity contribution < 1.29 is 6.16 Å². The summed E-state index contributed by atoms with van der Waals surface area (Å²) < 4.78 is 5.73. The molecule has 0 saturated carbocycles. The summed E-state index contributed by atoms with van der Waals surface area (Å²) in [7, 11) is 0. The van der Waals surface area contributed by atoms with Crippen LogP contribution >= 0.6 is 0 Å². The predicted molar refractivity (Wildman–Crippen MR) is 166 cm³/mol. The number of nitrogen functional groups attached to an aromatic ring is 1. The smallest absolute Gasteiger partial charge is 0.132 e. The first-order valence-corrected chi connectivity index (χ1v) is 14.7. The molecule has 1 unspecified atom stereocenters. The van der Waals surface area contributed by atoms with Gasteiger partial charge in [-0.25, -0.2) is 4.98 Å². The first kappa shape index (κ1) is 27.2. The first-order valence-electron chi connectivity index (χ1n) is 14.7. The highest BCUT2D eigenvalue weighted by Gasteiger charge is 2.34. The topological polar surface area (TPSA) is 101 Å². The van der Waals surface area contributed by atoms with Crippen molar-refractivity contribution in [3.05, 3.63) is 95.1 Å². The maximum Gasteiger partial charge on any atom is 0.132 e. The van der Waals surface area contributed by atoms with Crippen molar-refractivity contribution in [1.82, 2.24) is 19.9 Å². The Morgan fingerprint density at radius 3 is 2.51 bits per heavy atom. The van der Waals surface area contributed by atoms with Gasteiger partial charge in [-0.1, -0.05) is 24.3 Å². The lowest BCUT2D eigenvalue weighted by molar-refractivity contribution is -0.0220. The average Bonchev–Trinajstić information content (AvgIpc) is 3.19. The molecule has 3 aromatic heterocycles. The minimum absolute atomic E-state index is 0. The molecule has 4 aromatic rings. The average molecular weight is 549 g/mol. The van der Waals surface area contributed by atoms with Crippen molar-refractivity contribution in [2.75, 3.05) is 25.5 Å². The second-order valence-corrected chi connectivity index (χ2v) is 11.2. The van der Waals surface area contributed by atoms with E-state index in [1.165, 1.54) is 36.9 Å². The van der Waals surface area contributed by atoms with Crippen molar-refractivity contribution in [2.45, 2.75) is 58.0 Å². The van der Waals surface area contributed by atoms with Crippen LogP contribution in [0.2, 0.25) is 0 Å². The summed E-state index contributed by atoms with van der Waals surface area (Å²) in [5, 5.41) is 8.90. The highest BCUT2D eigenvalue weighted by molar-refractivity contribution is 6.12. The van der Waals surface area contributed by atoms with Crippen LogP contribution in [-0.4, -0.2) is 57.4 Å². The first-order chi connectivity index (χ1) is 20.0. The molecular weight excluding hydrogens is 508 g/mol. The summed E-state index contributed by atoms with van der Waals surface area (Å²) in [4.78, 5) is 16.2. The van der Waals surface area contributed by atoms with Crippen LogP contribution in [0.3, 0.4) is 0 Å². The van der Waals surface area contributed by atoms with Crippen molar-refractivity contribution in [3.8, 4) is 22.4 Å². The molecule has 2 atom stereocenters. The molecule has 1 fully saturated rings. The minimum atomic E-state index is 0. The Bertz CT molecular complexity index is 1560. The predicted octanol–water partition coefficient (Wildman–Crippen LogP) is 6.12. The Balaban J connectivity index is 0.00000353. The number of rotatable bonds is 8. The normalized spacial score (nSPS) is 18.8. The molecule has 0 bridgehead atoms. The highest BCUT2D eigenvalue weighted by atomic mass is 16.5. The Kier molecular flexibility index (Phi) is 7.90. The van der Waals surface area contributed by atoms with Gasteiger partial charge in [0.25, 0.3) is 0 Å². The summed E-state index contributed by atoms with van der Waals surface area (Å²) in [6.45, 7) is 6.94. The lowest BCUT2D eigenvalue weighted by atomic mass is 9.95. The summed E-state index contributed by atoms with van der Waals surface area (Å²) >= 11 is 0. The van der Waals surface area contributed by atoms with Gasteiger partial charge in [0.2, 0.25) is 0 Å². The van der Waals surface area contributed by atoms with E-state index in [4.69, 9.17) is 15.9 Å². The number of nitrogens with two attached hydrogens (primary N) is 1. The minimum Gasteiger partial charge on any atom is -0.383 e. The van der Waals surface area contributed by atoms with E-state index in [1.54, 1.807) is 12.4 Å². The van der Waals surface area contributed by atoms with E-state index in [9.17, 15) is 0 Å². The summed E-state index contributed by atoms with van der Waals surface area (Å²) in [6.07, 6.45) is 11.2. The van der Waals surface area contributed by atoms with Gasteiger partial charge in [0.15, 0.2) is 0 Å². The van der Waals surface area contributed by atoms with Gasteiger partial charge in [0.1, 0.15) is 5.82 Å². The quantitative estimate of drug-likeness (QED) is 0.203. The molecule has 1 aromatic carbocycles. The van der Waals surface area contributed by atoms with Gasteiger partial charge in [-0.3, -0.25) is 20.3 Å². The number of nitrogens with one attached hydrogen (secondary N) is 1. The molecule has 7 heteroatoms. The zero-order valence-corrected chi connectivity index (χ0v) is 23.9. The number of pyridine rings is 3. The molecule has 7 nitrogen and oxygen atoms in total. The number of ether oxygens (including phenoxy) is 1. The van der Waals surface area contributed by atoms with Crippen LogP contribution < -0.4 is 5.73 Å². The molecule has 1 aliphatic heterocycles. The van der Waals surface area contributed by atoms with Gasteiger partial charge in [0.05, 0.1) is 23.7 Å². The zero-order valence-electron chi connectivity index (χ0n) is 23.9. The van der Waals surface area contributed by atoms with Crippen LogP contribution in [-0.2, 0) is 17.6 Å². The van der Waals surface area contributed by atoms with Crippen molar-refractivity contribution in [1.29, 1.82) is 5.41 Å². The second kappa shape index (κ2) is 11.9. The van der Waals surface area contributed by atoms with Gasteiger partial charge < -0.3 is 10.5 Å². The van der Waals surface area contributed by atoms with Gasteiger partial charge in [-0.2, -0.15) is 0 Å². The molecule has 0 amide bonds. The number of aromatic nitrogens is 3. The van der Waals surface area contributed by atoms with E-state index in [1.807, 2.05) is 43.5 Å². The van der Waals surface area contributed by atoms with Crippen LogP contribution in [0.1, 0.15) is 55.6 Å². The molecule has 4 heterocycles. The van der Waals surface area contributed by atoms with Gasteiger partial charge in [-0.05, 0) is 92.5 Å². The fraction of sp³-hybridized carbons (Fsp3) is 0.353. The zero-order chi connectivity index (χ0) is 28.3. The molecule has 41 heavy (non-hydrogen) atoms. The number of anilines is 1. The number of nitrogens with zero attached hydrogens (tertiary/aromatic N) is 4. The van der Waals surface area contributed by atoms with Crippen LogP contribution in [0.5, 0.6) is 0 Å². The SMILES string of the molecule is CCOCC1CCN1[C@H]1CCc2ccc(-c3cnc(N)c(C(=N)c4ccc(-c5ncccc5C)cn4)c3)cc2CC1.[HH]. The molecule has 2 aliphatic rings. The molecule has 0 radical (unpaired) electrons. The molecule has 6 rings (SSSR count). The Hall–Kier alpha value is -3.94. The van der Waals surface area contributed by atoms with Gasteiger partial charge in [0, 0.05) is 61.9 Å². The Morgan fingerprint density at radius 1 is 0.976 bits per heavy atom. The van der Waals surface area contributed by atoms with E-state index in [0.717, 1.165) is 54.0 Å². The number of fused-ring (bicyclic) bond motifs is 1. The number of hydrogen-bond acceptors (Lipinski definition) is 7. The van der Waals surface area contributed by atoms with Crippen LogP contribution in [0.4, 0.5) is 5.82 Å². The van der Waals surface area contributed by atoms with E-state index >= 15 is 0 Å². The third-order valence-corrected chi connectivity index (χ3v) is 8.70. The molecule has 212 valence electrons. The second-order valence-electron chi connectivity index (χ2n) is 11.2. The van der Waals surface area contributed by atoms with Crippen LogP contribution in [0.25, 0.3) is 22.4 Å². The van der Waals surface area contributed by atoms with Crippen molar-refractivity contribution >= 4 is 11.5 Å². The van der Waals surface area contributed by atoms with E-state index in [0.29, 0.717) is 29.2 Å². The number of likely N-dealkylation sites (tertiary alicyclic amines) is 1. The Labute approximate surface area is 243 Å². The lowest BCUT2D eigenvalue weighted by Crippen LogP contribution is -2.55.